The minimum atomic E-state index is -0.0662. The van der Waals surface area contributed by atoms with E-state index in [1.54, 1.807) is 0 Å². The van der Waals surface area contributed by atoms with Crippen molar-refractivity contribution in [2.24, 2.45) is 5.92 Å². The number of rotatable bonds is 2. The Bertz CT molecular complexity index is 763. The molecule has 0 spiro atoms. The number of amides is 1. The van der Waals surface area contributed by atoms with Crippen LogP contribution in [0.3, 0.4) is 0 Å². The molecule has 1 fully saturated rings. The number of benzene rings is 1. The molecule has 1 atom stereocenters. The predicted molar refractivity (Wildman–Crippen MR) is 95.5 cm³/mol. The van der Waals surface area contributed by atoms with Crippen LogP contribution in [0.5, 0.6) is 0 Å². The van der Waals surface area contributed by atoms with Crippen LogP contribution in [0, 0.1) is 5.92 Å². The minimum Gasteiger partial charge on any atom is -0.365 e. The maximum Gasteiger partial charge on any atom is 0.274 e. The first kappa shape index (κ1) is 16.6. The van der Waals surface area contributed by atoms with Crippen LogP contribution in [0.1, 0.15) is 47.6 Å². The van der Waals surface area contributed by atoms with Crippen molar-refractivity contribution >= 4 is 17.5 Å². The van der Waals surface area contributed by atoms with Crippen LogP contribution < -0.4 is 0 Å². The van der Waals surface area contributed by atoms with E-state index in [0.717, 1.165) is 37.2 Å². The Kier molecular flexibility index (Phi) is 4.52. The zero-order valence-corrected chi connectivity index (χ0v) is 15.1. The number of halogens is 1. The second kappa shape index (κ2) is 6.81. The summed E-state index contributed by atoms with van der Waals surface area (Å²) in [6.07, 6.45) is 2.07. The lowest BCUT2D eigenvalue weighted by Crippen LogP contribution is -2.38. The van der Waals surface area contributed by atoms with Gasteiger partial charge in [0.05, 0.1) is 18.8 Å². The molecule has 2 aliphatic rings. The summed E-state index contributed by atoms with van der Waals surface area (Å²) < 4.78 is 7.86. The van der Waals surface area contributed by atoms with Crippen LogP contribution in [0.25, 0.3) is 0 Å². The molecule has 0 saturated carbocycles. The summed E-state index contributed by atoms with van der Waals surface area (Å²) in [7, 11) is 0. The van der Waals surface area contributed by atoms with Gasteiger partial charge in [-0.1, -0.05) is 30.7 Å². The molecule has 0 unspecified atom stereocenters. The number of ether oxygens (including phenoxy) is 1. The van der Waals surface area contributed by atoms with Crippen LogP contribution in [0.4, 0.5) is 0 Å². The van der Waals surface area contributed by atoms with Crippen LogP contribution in [-0.4, -0.2) is 33.7 Å². The fraction of sp³-hybridized carbons (Fsp3) is 0.474. The van der Waals surface area contributed by atoms with E-state index in [9.17, 15) is 4.79 Å². The highest BCUT2D eigenvalue weighted by molar-refractivity contribution is 6.30. The van der Waals surface area contributed by atoms with E-state index in [-0.39, 0.29) is 12.0 Å². The van der Waals surface area contributed by atoms with Crippen molar-refractivity contribution in [3.63, 3.8) is 0 Å². The molecule has 4 rings (SSSR count). The van der Waals surface area contributed by atoms with Gasteiger partial charge in [0.25, 0.3) is 5.91 Å². The van der Waals surface area contributed by atoms with Gasteiger partial charge in [0.2, 0.25) is 0 Å². The van der Waals surface area contributed by atoms with Crippen LogP contribution >= 0.6 is 11.6 Å². The van der Waals surface area contributed by atoms with Crippen molar-refractivity contribution in [2.45, 2.75) is 39.0 Å². The van der Waals surface area contributed by atoms with E-state index in [0.29, 0.717) is 29.8 Å². The lowest BCUT2D eigenvalue weighted by molar-refractivity contribution is -0.00122. The lowest BCUT2D eigenvalue weighted by atomic mass is 9.99. The third-order valence-corrected chi connectivity index (χ3v) is 5.42. The maximum atomic E-state index is 12.7. The molecular formula is C19H22ClN3O2. The number of nitrogens with zero attached hydrogens (tertiary/aromatic N) is 3. The highest BCUT2D eigenvalue weighted by atomic mass is 35.5. The van der Waals surface area contributed by atoms with Crippen molar-refractivity contribution in [3.8, 4) is 0 Å². The molecule has 6 heteroatoms. The van der Waals surface area contributed by atoms with Gasteiger partial charge in [0.1, 0.15) is 6.10 Å². The Morgan fingerprint density at radius 2 is 1.96 bits per heavy atom. The Balaban J connectivity index is 1.48. The number of likely N-dealkylation sites (tertiary alicyclic amines) is 1. The van der Waals surface area contributed by atoms with Crippen molar-refractivity contribution in [1.82, 2.24) is 14.7 Å². The van der Waals surface area contributed by atoms with E-state index in [1.807, 2.05) is 39.9 Å². The van der Waals surface area contributed by atoms with Gasteiger partial charge in [-0.15, -0.1) is 0 Å². The number of aromatic nitrogens is 2. The molecule has 5 nitrogen and oxygen atoms in total. The SMILES string of the molecule is CC1CCN(C(=O)c2cc3n(n2)C[C@@H](c2ccc(Cl)cc2)OC3)CC1. The number of carbonyl (C=O) groups excluding carboxylic acids is 1. The Morgan fingerprint density at radius 1 is 1.24 bits per heavy atom. The van der Waals surface area contributed by atoms with Gasteiger partial charge in [-0.25, -0.2) is 0 Å². The molecular weight excluding hydrogens is 338 g/mol. The van der Waals surface area contributed by atoms with Gasteiger partial charge in [0, 0.05) is 18.1 Å². The van der Waals surface area contributed by atoms with Gasteiger partial charge >= 0.3 is 0 Å². The molecule has 0 aliphatic carbocycles. The van der Waals surface area contributed by atoms with Crippen LogP contribution in [0.2, 0.25) is 5.02 Å². The highest BCUT2D eigenvalue weighted by Gasteiger charge is 2.27. The molecule has 0 bridgehead atoms. The summed E-state index contributed by atoms with van der Waals surface area (Å²) in [5, 5.41) is 5.27. The molecule has 1 aromatic carbocycles. The fourth-order valence-electron chi connectivity index (χ4n) is 3.48. The summed E-state index contributed by atoms with van der Waals surface area (Å²) >= 11 is 5.95. The Labute approximate surface area is 152 Å². The normalized spacial score (nSPS) is 21.2. The molecule has 1 saturated heterocycles. The summed E-state index contributed by atoms with van der Waals surface area (Å²) in [5.41, 5.74) is 2.56. The average Bonchev–Trinajstić information content (AvgIpc) is 3.05. The van der Waals surface area contributed by atoms with Crippen molar-refractivity contribution in [1.29, 1.82) is 0 Å². The van der Waals surface area contributed by atoms with E-state index >= 15 is 0 Å². The standard InChI is InChI=1S/C19H22ClN3O2/c1-13-6-8-22(9-7-13)19(24)17-10-16-12-25-18(11-23(16)21-17)14-2-4-15(20)5-3-14/h2-5,10,13,18H,6-9,11-12H2,1H3/t18-/m0/s1. The topological polar surface area (TPSA) is 47.4 Å². The van der Waals surface area contributed by atoms with E-state index < -0.39 is 0 Å². The van der Waals surface area contributed by atoms with Crippen LogP contribution in [0.15, 0.2) is 30.3 Å². The monoisotopic (exact) mass is 359 g/mol. The summed E-state index contributed by atoms with van der Waals surface area (Å²) in [5.74, 6) is 0.740. The highest BCUT2D eigenvalue weighted by Crippen LogP contribution is 2.28. The second-order valence-corrected chi connectivity index (χ2v) is 7.47. The zero-order chi connectivity index (χ0) is 17.4. The number of carbonyl (C=O) groups is 1. The average molecular weight is 360 g/mol. The summed E-state index contributed by atoms with van der Waals surface area (Å²) in [6.45, 7) is 4.97. The summed E-state index contributed by atoms with van der Waals surface area (Å²) in [6, 6.07) is 9.56. The fourth-order valence-corrected chi connectivity index (χ4v) is 3.61. The van der Waals surface area contributed by atoms with Gasteiger partial charge in [-0.3, -0.25) is 9.48 Å². The molecule has 3 heterocycles. The molecule has 25 heavy (non-hydrogen) atoms. The third-order valence-electron chi connectivity index (χ3n) is 5.17. The van der Waals surface area contributed by atoms with Crippen molar-refractivity contribution in [3.05, 3.63) is 52.3 Å². The Hall–Kier alpha value is -1.85. The summed E-state index contributed by atoms with van der Waals surface area (Å²) in [4.78, 5) is 14.6. The predicted octanol–water partition coefficient (Wildman–Crippen LogP) is 3.68. The number of piperidine rings is 1. The number of hydrogen-bond acceptors (Lipinski definition) is 3. The first-order chi connectivity index (χ1) is 12.1. The van der Waals surface area contributed by atoms with Gasteiger partial charge in [-0.05, 0) is 42.5 Å². The second-order valence-electron chi connectivity index (χ2n) is 7.03. The minimum absolute atomic E-state index is 0.0387. The smallest absolute Gasteiger partial charge is 0.274 e. The zero-order valence-electron chi connectivity index (χ0n) is 14.3. The largest absolute Gasteiger partial charge is 0.365 e. The van der Waals surface area contributed by atoms with E-state index in [1.165, 1.54) is 0 Å². The molecule has 2 aromatic rings. The molecule has 0 radical (unpaired) electrons. The molecule has 0 N–H and O–H groups in total. The van der Waals surface area contributed by atoms with Gasteiger partial charge in [-0.2, -0.15) is 5.10 Å². The number of hydrogen-bond donors (Lipinski definition) is 0. The van der Waals surface area contributed by atoms with Gasteiger partial charge in [0.15, 0.2) is 5.69 Å². The molecule has 132 valence electrons. The van der Waals surface area contributed by atoms with Crippen molar-refractivity contribution < 1.29 is 9.53 Å². The maximum absolute atomic E-state index is 12.7. The Morgan fingerprint density at radius 3 is 2.68 bits per heavy atom. The third kappa shape index (κ3) is 3.44. The molecule has 2 aliphatic heterocycles. The first-order valence-electron chi connectivity index (χ1n) is 8.83. The van der Waals surface area contributed by atoms with Crippen LogP contribution in [-0.2, 0) is 17.9 Å². The van der Waals surface area contributed by atoms with E-state index in [4.69, 9.17) is 16.3 Å². The van der Waals surface area contributed by atoms with Gasteiger partial charge < -0.3 is 9.64 Å². The molecule has 1 amide bonds. The molecule has 1 aromatic heterocycles. The quantitative estimate of drug-likeness (QED) is 0.821. The van der Waals surface area contributed by atoms with E-state index in [2.05, 4.69) is 12.0 Å². The van der Waals surface area contributed by atoms with Crippen molar-refractivity contribution in [2.75, 3.05) is 13.1 Å². The first-order valence-corrected chi connectivity index (χ1v) is 9.21. The lowest BCUT2D eigenvalue weighted by Gasteiger charge is -2.29. The number of fused-ring (bicyclic) bond motifs is 1.